The van der Waals surface area contributed by atoms with Crippen LogP contribution in [-0.2, 0) is 4.79 Å². The SMILES string of the molecule is CN1C[C@H](c2cnc(N)c(-c3ccc(C(=O)NC(CO)c4cccc(Cl)c4)c(F)c3)c2)CCC1=O. The number of likely N-dealkylation sites (tertiary alicyclic amines) is 1. The average Bonchev–Trinajstić information content (AvgIpc) is 2.84. The predicted octanol–water partition coefficient (Wildman–Crippen LogP) is 3.92. The van der Waals surface area contributed by atoms with E-state index in [4.69, 9.17) is 17.3 Å². The fraction of sp³-hybridized carbons (Fsp3) is 0.269. The first kappa shape index (κ1) is 24.6. The van der Waals surface area contributed by atoms with Gasteiger partial charge in [-0.05, 0) is 53.4 Å². The van der Waals surface area contributed by atoms with Crippen LogP contribution in [0, 0.1) is 5.82 Å². The summed E-state index contributed by atoms with van der Waals surface area (Å²) in [5.41, 5.74) is 8.50. The van der Waals surface area contributed by atoms with Crippen molar-refractivity contribution in [1.29, 1.82) is 0 Å². The Kier molecular flexibility index (Phi) is 7.33. The number of benzene rings is 2. The maximum Gasteiger partial charge on any atom is 0.254 e. The number of halogens is 2. The lowest BCUT2D eigenvalue weighted by Gasteiger charge is -2.30. The fourth-order valence-electron chi connectivity index (χ4n) is 4.29. The number of hydrogen-bond acceptors (Lipinski definition) is 5. The molecular weight excluding hydrogens is 471 g/mol. The number of nitrogens with zero attached hydrogens (tertiary/aromatic N) is 2. The highest BCUT2D eigenvalue weighted by atomic mass is 35.5. The molecule has 1 saturated heterocycles. The maximum absolute atomic E-state index is 15.0. The first-order chi connectivity index (χ1) is 16.8. The number of likely N-dealkylation sites (N-methyl/N-ethyl adjacent to an activating group) is 1. The third-order valence-electron chi connectivity index (χ3n) is 6.30. The van der Waals surface area contributed by atoms with Crippen molar-refractivity contribution < 1.29 is 19.1 Å². The third-order valence-corrected chi connectivity index (χ3v) is 6.54. The van der Waals surface area contributed by atoms with Crippen LogP contribution in [-0.4, -0.2) is 47.0 Å². The largest absolute Gasteiger partial charge is 0.394 e. The van der Waals surface area contributed by atoms with Crippen molar-refractivity contribution in [3.63, 3.8) is 0 Å². The van der Waals surface area contributed by atoms with Gasteiger partial charge in [0, 0.05) is 42.7 Å². The van der Waals surface area contributed by atoms with Crippen molar-refractivity contribution in [3.8, 4) is 11.1 Å². The minimum Gasteiger partial charge on any atom is -0.394 e. The highest BCUT2D eigenvalue weighted by molar-refractivity contribution is 6.30. The smallest absolute Gasteiger partial charge is 0.254 e. The minimum absolute atomic E-state index is 0.111. The Morgan fingerprint density at radius 3 is 2.80 bits per heavy atom. The summed E-state index contributed by atoms with van der Waals surface area (Å²) < 4.78 is 15.0. The van der Waals surface area contributed by atoms with Gasteiger partial charge in [0.15, 0.2) is 0 Å². The number of nitrogen functional groups attached to an aromatic ring is 1. The van der Waals surface area contributed by atoms with Crippen molar-refractivity contribution in [1.82, 2.24) is 15.2 Å². The number of rotatable bonds is 6. The minimum atomic E-state index is -0.739. The fourth-order valence-corrected chi connectivity index (χ4v) is 4.49. The summed E-state index contributed by atoms with van der Waals surface area (Å²) in [4.78, 5) is 30.6. The molecule has 2 amide bonds. The molecule has 1 aliphatic heterocycles. The summed E-state index contributed by atoms with van der Waals surface area (Å²) in [6, 6.07) is 12.1. The van der Waals surface area contributed by atoms with Crippen LogP contribution < -0.4 is 11.1 Å². The number of piperidine rings is 1. The van der Waals surface area contributed by atoms with Gasteiger partial charge < -0.3 is 21.1 Å². The van der Waals surface area contributed by atoms with Crippen LogP contribution in [0.15, 0.2) is 54.7 Å². The Labute approximate surface area is 207 Å². The quantitative estimate of drug-likeness (QED) is 0.479. The highest BCUT2D eigenvalue weighted by Crippen LogP contribution is 2.32. The molecule has 4 rings (SSSR count). The molecular formula is C26H26ClFN4O3. The summed E-state index contributed by atoms with van der Waals surface area (Å²) in [5.74, 6) is -0.925. The number of aliphatic hydroxyl groups is 1. The van der Waals surface area contributed by atoms with Gasteiger partial charge >= 0.3 is 0 Å². The van der Waals surface area contributed by atoms with Gasteiger partial charge in [0.2, 0.25) is 5.91 Å². The molecule has 0 spiro atoms. The summed E-state index contributed by atoms with van der Waals surface area (Å²) >= 11 is 6.00. The van der Waals surface area contributed by atoms with E-state index in [0.717, 1.165) is 5.56 Å². The average molecular weight is 497 g/mol. The van der Waals surface area contributed by atoms with Crippen molar-refractivity contribution in [3.05, 3.63) is 82.3 Å². The van der Waals surface area contributed by atoms with Crippen LogP contribution in [0.4, 0.5) is 10.2 Å². The Balaban J connectivity index is 1.56. The molecule has 1 aliphatic rings. The van der Waals surface area contributed by atoms with Crippen molar-refractivity contribution in [2.75, 3.05) is 25.9 Å². The molecule has 35 heavy (non-hydrogen) atoms. The number of amides is 2. The van der Waals surface area contributed by atoms with Gasteiger partial charge in [0.1, 0.15) is 11.6 Å². The number of carbonyl (C=O) groups is 2. The molecule has 7 nitrogen and oxygen atoms in total. The Bertz CT molecular complexity index is 1270. The van der Waals surface area contributed by atoms with E-state index in [-0.39, 0.29) is 29.8 Å². The van der Waals surface area contributed by atoms with Crippen LogP contribution >= 0.6 is 11.6 Å². The van der Waals surface area contributed by atoms with Crippen LogP contribution in [0.1, 0.15) is 46.3 Å². The van der Waals surface area contributed by atoms with E-state index in [9.17, 15) is 14.7 Å². The molecule has 0 bridgehead atoms. The molecule has 3 aromatic rings. The summed E-state index contributed by atoms with van der Waals surface area (Å²) in [6.45, 7) is 0.207. The predicted molar refractivity (Wildman–Crippen MR) is 132 cm³/mol. The first-order valence-electron chi connectivity index (χ1n) is 11.2. The number of carbonyl (C=O) groups excluding carboxylic acids is 2. The Morgan fingerprint density at radius 1 is 1.31 bits per heavy atom. The van der Waals surface area contributed by atoms with E-state index in [1.54, 1.807) is 48.5 Å². The zero-order valence-corrected chi connectivity index (χ0v) is 19.9. The first-order valence-corrected chi connectivity index (χ1v) is 11.6. The number of nitrogens with two attached hydrogens (primary N) is 1. The van der Waals surface area contributed by atoms with Crippen molar-refractivity contribution in [2.45, 2.75) is 24.8 Å². The highest BCUT2D eigenvalue weighted by Gasteiger charge is 2.25. The van der Waals surface area contributed by atoms with Crippen molar-refractivity contribution >= 4 is 29.2 Å². The lowest BCUT2D eigenvalue weighted by molar-refractivity contribution is -0.132. The standard InChI is InChI=1S/C26H26ClFN4O3/c1-32-13-17(6-8-24(32)34)18-10-21(25(29)30-12-18)15-5-7-20(22(28)11-15)26(35)31-23(14-33)16-3-2-4-19(27)9-16/h2-5,7,9-12,17,23,33H,6,8,13-14H2,1H3,(H2,29,30)(H,31,35)/t17-,23?/m1/s1. The number of aromatic nitrogens is 1. The number of aliphatic hydroxyl groups excluding tert-OH is 1. The normalized spacial score (nSPS) is 16.7. The third kappa shape index (κ3) is 5.44. The zero-order valence-electron chi connectivity index (χ0n) is 19.2. The molecule has 4 N–H and O–H groups in total. The molecule has 0 saturated carbocycles. The summed E-state index contributed by atoms with van der Waals surface area (Å²) in [7, 11) is 1.77. The number of hydrogen-bond donors (Lipinski definition) is 3. The monoisotopic (exact) mass is 496 g/mol. The molecule has 1 aromatic heterocycles. The second-order valence-electron chi connectivity index (χ2n) is 8.67. The molecule has 2 atom stereocenters. The number of pyridine rings is 1. The second-order valence-corrected chi connectivity index (χ2v) is 9.11. The van der Waals surface area contributed by atoms with E-state index < -0.39 is 17.8 Å². The van der Waals surface area contributed by atoms with Gasteiger partial charge in [-0.1, -0.05) is 29.8 Å². The molecule has 2 aromatic carbocycles. The van der Waals surface area contributed by atoms with E-state index >= 15 is 4.39 Å². The van der Waals surface area contributed by atoms with Gasteiger partial charge in [-0.25, -0.2) is 9.37 Å². The molecule has 182 valence electrons. The maximum atomic E-state index is 15.0. The van der Waals surface area contributed by atoms with Gasteiger partial charge in [-0.2, -0.15) is 0 Å². The van der Waals surface area contributed by atoms with Crippen LogP contribution in [0.3, 0.4) is 0 Å². The summed E-state index contributed by atoms with van der Waals surface area (Å²) in [6.07, 6.45) is 2.86. The molecule has 1 unspecified atom stereocenters. The van der Waals surface area contributed by atoms with Gasteiger partial charge in [0.25, 0.3) is 5.91 Å². The molecule has 2 heterocycles. The van der Waals surface area contributed by atoms with Crippen LogP contribution in [0.2, 0.25) is 5.02 Å². The van der Waals surface area contributed by atoms with Crippen LogP contribution in [0.5, 0.6) is 0 Å². The van der Waals surface area contributed by atoms with Gasteiger partial charge in [0.05, 0.1) is 18.2 Å². The molecule has 1 fully saturated rings. The zero-order chi connectivity index (χ0) is 25.1. The van der Waals surface area contributed by atoms with Gasteiger partial charge in [-0.15, -0.1) is 0 Å². The summed E-state index contributed by atoms with van der Waals surface area (Å²) in [5, 5.41) is 12.8. The Morgan fingerprint density at radius 2 is 2.11 bits per heavy atom. The van der Waals surface area contributed by atoms with Gasteiger partial charge in [-0.3, -0.25) is 9.59 Å². The van der Waals surface area contributed by atoms with E-state index in [0.29, 0.717) is 41.1 Å². The topological polar surface area (TPSA) is 109 Å². The van der Waals surface area contributed by atoms with Crippen molar-refractivity contribution in [2.24, 2.45) is 0 Å². The number of nitrogens with one attached hydrogen (secondary N) is 1. The second kappa shape index (κ2) is 10.4. The molecule has 0 radical (unpaired) electrons. The van der Waals surface area contributed by atoms with E-state index in [1.807, 2.05) is 6.07 Å². The molecule has 9 heteroatoms. The van der Waals surface area contributed by atoms with E-state index in [1.165, 1.54) is 12.1 Å². The number of anilines is 1. The lowest BCUT2D eigenvalue weighted by atomic mass is 9.90. The lowest BCUT2D eigenvalue weighted by Crippen LogP contribution is -2.35. The van der Waals surface area contributed by atoms with Crippen LogP contribution in [0.25, 0.3) is 11.1 Å². The molecule has 0 aliphatic carbocycles. The Hall–Kier alpha value is -3.49. The van der Waals surface area contributed by atoms with E-state index in [2.05, 4.69) is 10.3 Å².